The number of hydrogen-bond acceptors (Lipinski definition) is 2. The molecule has 0 heterocycles. The fourth-order valence-electron chi connectivity index (χ4n) is 1.74. The molecular weight excluding hydrogens is 140 g/mol. The summed E-state index contributed by atoms with van der Waals surface area (Å²) in [7, 11) is 1.78. The Bertz CT molecular complexity index is 102. The first-order valence-electron chi connectivity index (χ1n) is 4.53. The molecule has 0 unspecified atom stereocenters. The van der Waals surface area contributed by atoms with E-state index in [0.29, 0.717) is 12.2 Å². The molecule has 2 heteroatoms. The van der Waals surface area contributed by atoms with Crippen LogP contribution in [0.4, 0.5) is 0 Å². The van der Waals surface area contributed by atoms with Gasteiger partial charge in [0.2, 0.25) is 0 Å². The van der Waals surface area contributed by atoms with Crippen LogP contribution in [-0.2, 0) is 9.47 Å². The number of hydrogen-bond donors (Lipinski definition) is 0. The van der Waals surface area contributed by atoms with Crippen molar-refractivity contribution in [3.05, 3.63) is 0 Å². The van der Waals surface area contributed by atoms with Gasteiger partial charge >= 0.3 is 0 Å². The zero-order valence-electron chi connectivity index (χ0n) is 7.51. The van der Waals surface area contributed by atoms with Gasteiger partial charge < -0.3 is 9.47 Å². The van der Waals surface area contributed by atoms with Crippen molar-refractivity contribution in [3.8, 4) is 0 Å². The topological polar surface area (TPSA) is 18.5 Å². The Labute approximate surface area is 68.9 Å². The molecule has 0 radical (unpaired) electrons. The van der Waals surface area contributed by atoms with Crippen molar-refractivity contribution >= 4 is 0 Å². The molecule has 0 saturated heterocycles. The molecule has 0 aromatic rings. The van der Waals surface area contributed by atoms with E-state index >= 15 is 0 Å². The SMILES string of the molecule is CCO[C@@H]1CCCC[C@H]1OC. The van der Waals surface area contributed by atoms with E-state index in [-0.39, 0.29) is 0 Å². The van der Waals surface area contributed by atoms with Gasteiger partial charge in [-0.15, -0.1) is 0 Å². The van der Waals surface area contributed by atoms with E-state index in [0.717, 1.165) is 6.61 Å². The second-order valence-electron chi connectivity index (χ2n) is 3.05. The zero-order valence-corrected chi connectivity index (χ0v) is 7.51. The van der Waals surface area contributed by atoms with E-state index in [1.165, 1.54) is 25.7 Å². The molecule has 0 N–H and O–H groups in total. The highest BCUT2D eigenvalue weighted by Gasteiger charge is 2.24. The van der Waals surface area contributed by atoms with Crippen LogP contribution in [0.1, 0.15) is 32.6 Å². The molecule has 1 saturated carbocycles. The van der Waals surface area contributed by atoms with Crippen molar-refractivity contribution in [2.45, 2.75) is 44.8 Å². The van der Waals surface area contributed by atoms with Crippen molar-refractivity contribution in [2.24, 2.45) is 0 Å². The third-order valence-corrected chi connectivity index (χ3v) is 2.33. The summed E-state index contributed by atoms with van der Waals surface area (Å²) in [4.78, 5) is 0. The van der Waals surface area contributed by atoms with Gasteiger partial charge in [-0.2, -0.15) is 0 Å². The van der Waals surface area contributed by atoms with Crippen molar-refractivity contribution < 1.29 is 9.47 Å². The number of rotatable bonds is 3. The van der Waals surface area contributed by atoms with Crippen LogP contribution >= 0.6 is 0 Å². The molecule has 66 valence electrons. The van der Waals surface area contributed by atoms with Crippen LogP contribution in [0.15, 0.2) is 0 Å². The third-order valence-electron chi connectivity index (χ3n) is 2.33. The van der Waals surface area contributed by atoms with Gasteiger partial charge in [0.1, 0.15) is 0 Å². The smallest absolute Gasteiger partial charge is 0.0836 e. The van der Waals surface area contributed by atoms with Gasteiger partial charge in [0.25, 0.3) is 0 Å². The van der Waals surface area contributed by atoms with Crippen molar-refractivity contribution in [2.75, 3.05) is 13.7 Å². The Balaban J connectivity index is 2.31. The maximum absolute atomic E-state index is 5.56. The van der Waals surface area contributed by atoms with E-state index in [1.807, 2.05) is 6.92 Å². The van der Waals surface area contributed by atoms with E-state index in [2.05, 4.69) is 0 Å². The van der Waals surface area contributed by atoms with Gasteiger partial charge in [0.15, 0.2) is 0 Å². The molecule has 11 heavy (non-hydrogen) atoms. The van der Waals surface area contributed by atoms with Crippen LogP contribution in [0.2, 0.25) is 0 Å². The molecule has 0 amide bonds. The van der Waals surface area contributed by atoms with Gasteiger partial charge in [-0.05, 0) is 19.8 Å². The molecule has 0 bridgehead atoms. The maximum atomic E-state index is 5.56. The Morgan fingerprint density at radius 3 is 2.36 bits per heavy atom. The summed E-state index contributed by atoms with van der Waals surface area (Å²) in [5.74, 6) is 0. The monoisotopic (exact) mass is 158 g/mol. The predicted molar refractivity (Wildman–Crippen MR) is 44.7 cm³/mol. The number of ether oxygens (including phenoxy) is 2. The van der Waals surface area contributed by atoms with Crippen LogP contribution in [0.3, 0.4) is 0 Å². The minimum Gasteiger partial charge on any atom is -0.379 e. The lowest BCUT2D eigenvalue weighted by Gasteiger charge is -2.29. The lowest BCUT2D eigenvalue weighted by Crippen LogP contribution is -2.33. The minimum atomic E-state index is 0.351. The molecule has 1 fully saturated rings. The zero-order chi connectivity index (χ0) is 8.10. The first-order valence-corrected chi connectivity index (χ1v) is 4.53. The molecule has 0 aromatic carbocycles. The normalized spacial score (nSPS) is 32.2. The van der Waals surface area contributed by atoms with Crippen LogP contribution in [0.25, 0.3) is 0 Å². The van der Waals surface area contributed by atoms with E-state index in [1.54, 1.807) is 7.11 Å². The van der Waals surface area contributed by atoms with Crippen LogP contribution in [0, 0.1) is 0 Å². The van der Waals surface area contributed by atoms with Crippen LogP contribution in [0.5, 0.6) is 0 Å². The molecule has 2 atom stereocenters. The summed E-state index contributed by atoms with van der Waals surface area (Å²) in [6.07, 6.45) is 5.64. The van der Waals surface area contributed by atoms with E-state index in [4.69, 9.17) is 9.47 Å². The van der Waals surface area contributed by atoms with Crippen LogP contribution in [-0.4, -0.2) is 25.9 Å². The quantitative estimate of drug-likeness (QED) is 0.625. The first-order chi connectivity index (χ1) is 5.38. The van der Waals surface area contributed by atoms with E-state index < -0.39 is 0 Å². The summed E-state index contributed by atoms with van der Waals surface area (Å²) in [5.41, 5.74) is 0. The molecule has 1 rings (SSSR count). The van der Waals surface area contributed by atoms with Gasteiger partial charge in [-0.25, -0.2) is 0 Å². The highest BCUT2D eigenvalue weighted by molar-refractivity contribution is 4.75. The molecule has 0 aromatic heterocycles. The fraction of sp³-hybridized carbons (Fsp3) is 1.00. The number of methoxy groups -OCH3 is 1. The lowest BCUT2D eigenvalue weighted by molar-refractivity contribution is -0.0728. The van der Waals surface area contributed by atoms with Crippen LogP contribution < -0.4 is 0 Å². The molecule has 2 nitrogen and oxygen atoms in total. The summed E-state index contributed by atoms with van der Waals surface area (Å²) in [6.45, 7) is 2.85. The highest BCUT2D eigenvalue weighted by atomic mass is 16.5. The average molecular weight is 158 g/mol. The third kappa shape index (κ3) is 2.46. The Morgan fingerprint density at radius 2 is 1.82 bits per heavy atom. The summed E-state index contributed by atoms with van der Waals surface area (Å²) in [6, 6.07) is 0. The summed E-state index contributed by atoms with van der Waals surface area (Å²) >= 11 is 0. The Hall–Kier alpha value is -0.0800. The molecule has 0 spiro atoms. The Kier molecular flexibility index (Phi) is 3.87. The fourth-order valence-corrected chi connectivity index (χ4v) is 1.74. The maximum Gasteiger partial charge on any atom is 0.0836 e. The average Bonchev–Trinajstić information content (AvgIpc) is 2.06. The van der Waals surface area contributed by atoms with Gasteiger partial charge in [-0.1, -0.05) is 12.8 Å². The van der Waals surface area contributed by atoms with Crippen molar-refractivity contribution in [3.63, 3.8) is 0 Å². The summed E-state index contributed by atoms with van der Waals surface area (Å²) in [5, 5.41) is 0. The largest absolute Gasteiger partial charge is 0.379 e. The molecular formula is C9H18O2. The molecule has 0 aliphatic heterocycles. The minimum absolute atomic E-state index is 0.351. The molecule has 1 aliphatic carbocycles. The summed E-state index contributed by atoms with van der Waals surface area (Å²) < 4.78 is 10.9. The second-order valence-corrected chi connectivity index (χ2v) is 3.05. The van der Waals surface area contributed by atoms with E-state index in [9.17, 15) is 0 Å². The van der Waals surface area contributed by atoms with Gasteiger partial charge in [0, 0.05) is 13.7 Å². The van der Waals surface area contributed by atoms with Gasteiger partial charge in [0.05, 0.1) is 12.2 Å². The first kappa shape index (κ1) is 9.01. The van der Waals surface area contributed by atoms with Crippen molar-refractivity contribution in [1.82, 2.24) is 0 Å². The highest BCUT2D eigenvalue weighted by Crippen LogP contribution is 2.22. The molecule has 1 aliphatic rings. The predicted octanol–water partition coefficient (Wildman–Crippen LogP) is 1.98. The standard InChI is InChI=1S/C9H18O2/c1-3-11-9-7-5-4-6-8(9)10-2/h8-9H,3-7H2,1-2H3/t8-,9-/m1/s1. The van der Waals surface area contributed by atoms with Crippen molar-refractivity contribution in [1.29, 1.82) is 0 Å². The Morgan fingerprint density at radius 1 is 1.18 bits per heavy atom. The van der Waals surface area contributed by atoms with Gasteiger partial charge in [-0.3, -0.25) is 0 Å². The second kappa shape index (κ2) is 4.73. The lowest BCUT2D eigenvalue weighted by atomic mass is 9.95.